The van der Waals surface area contributed by atoms with E-state index in [0.29, 0.717) is 0 Å². The second kappa shape index (κ2) is 8.67. The monoisotopic (exact) mass is 330 g/mol. The molecule has 25 heavy (non-hydrogen) atoms. The molecule has 0 aromatic heterocycles. The van der Waals surface area contributed by atoms with E-state index in [-0.39, 0.29) is 0 Å². The molecule has 130 valence electrons. The van der Waals surface area contributed by atoms with Crippen molar-refractivity contribution in [1.82, 2.24) is 0 Å². The summed E-state index contributed by atoms with van der Waals surface area (Å²) in [6.07, 6.45) is 5.31. The first-order chi connectivity index (χ1) is 11.9. The molecule has 0 radical (unpaired) electrons. The molecule has 0 saturated heterocycles. The lowest BCUT2D eigenvalue weighted by Crippen LogP contribution is -1.96. The van der Waals surface area contributed by atoms with E-state index in [9.17, 15) is 0 Å². The largest absolute Gasteiger partial charge is 0.0961 e. The molecule has 0 heteroatoms. The van der Waals surface area contributed by atoms with Gasteiger partial charge in [-0.05, 0) is 73.4 Å². The highest BCUT2D eigenvalue weighted by atomic mass is 14.1. The minimum atomic E-state index is 1.01. The minimum Gasteiger partial charge on any atom is -0.0961 e. The van der Waals surface area contributed by atoms with Crippen molar-refractivity contribution in [2.75, 3.05) is 0 Å². The molecule has 0 bridgehead atoms. The summed E-state index contributed by atoms with van der Waals surface area (Å²) in [5, 5.41) is 0. The molecule has 0 heterocycles. The van der Waals surface area contributed by atoms with Gasteiger partial charge in [0.2, 0.25) is 0 Å². The van der Waals surface area contributed by atoms with Gasteiger partial charge in [0.05, 0.1) is 0 Å². The first-order valence-corrected chi connectivity index (χ1v) is 9.12. The number of benzene rings is 2. The van der Waals surface area contributed by atoms with E-state index in [4.69, 9.17) is 0 Å². The van der Waals surface area contributed by atoms with Crippen LogP contribution in [0, 0.1) is 6.92 Å². The average molecular weight is 331 g/mol. The van der Waals surface area contributed by atoms with Crippen molar-refractivity contribution in [3.8, 4) is 0 Å². The molecule has 0 N–H and O–H groups in total. The van der Waals surface area contributed by atoms with Crippen molar-refractivity contribution < 1.29 is 0 Å². The van der Waals surface area contributed by atoms with Crippen LogP contribution < -0.4 is 0 Å². The SMILES string of the molecule is C=C(C)/C=C(/CCc1ccc(CC)c(C(=C)C)c1)c1ccccc1C. The summed E-state index contributed by atoms with van der Waals surface area (Å²) < 4.78 is 0. The first kappa shape index (κ1) is 19.0. The Morgan fingerprint density at radius 3 is 2.32 bits per heavy atom. The molecule has 2 aromatic rings. The summed E-state index contributed by atoms with van der Waals surface area (Å²) >= 11 is 0. The number of hydrogen-bond acceptors (Lipinski definition) is 0. The van der Waals surface area contributed by atoms with Gasteiger partial charge in [0.25, 0.3) is 0 Å². The third-order valence-electron chi connectivity index (χ3n) is 4.61. The molecule has 0 atom stereocenters. The number of hydrogen-bond donors (Lipinski definition) is 0. The van der Waals surface area contributed by atoms with E-state index in [2.05, 4.69) is 89.4 Å². The van der Waals surface area contributed by atoms with Crippen molar-refractivity contribution in [1.29, 1.82) is 0 Å². The highest BCUT2D eigenvalue weighted by Crippen LogP contribution is 2.26. The maximum absolute atomic E-state index is 4.15. The summed E-state index contributed by atoms with van der Waals surface area (Å²) in [7, 11) is 0. The van der Waals surface area contributed by atoms with Gasteiger partial charge in [-0.25, -0.2) is 0 Å². The maximum Gasteiger partial charge on any atom is -0.0195 e. The summed E-state index contributed by atoms with van der Waals surface area (Å²) in [4.78, 5) is 0. The molecule has 0 unspecified atom stereocenters. The summed E-state index contributed by atoms with van der Waals surface area (Å²) in [6.45, 7) is 16.8. The molecular weight excluding hydrogens is 300 g/mol. The average Bonchev–Trinajstić information content (AvgIpc) is 2.58. The van der Waals surface area contributed by atoms with Crippen LogP contribution in [-0.2, 0) is 12.8 Å². The van der Waals surface area contributed by atoms with Crippen LogP contribution in [0.3, 0.4) is 0 Å². The summed E-state index contributed by atoms with van der Waals surface area (Å²) in [5.41, 5.74) is 10.3. The van der Waals surface area contributed by atoms with Crippen molar-refractivity contribution >= 4 is 11.1 Å². The van der Waals surface area contributed by atoms with Crippen molar-refractivity contribution in [3.05, 3.63) is 95.1 Å². The first-order valence-electron chi connectivity index (χ1n) is 9.12. The minimum absolute atomic E-state index is 1.01. The lowest BCUT2D eigenvalue weighted by atomic mass is 9.91. The normalized spacial score (nSPS) is 11.4. The Morgan fingerprint density at radius 2 is 1.72 bits per heavy atom. The van der Waals surface area contributed by atoms with Gasteiger partial charge in [-0.15, -0.1) is 0 Å². The van der Waals surface area contributed by atoms with Crippen LogP contribution in [0.1, 0.15) is 55.0 Å². The van der Waals surface area contributed by atoms with Crippen LogP contribution in [0.2, 0.25) is 0 Å². The number of aryl methyl sites for hydroxylation is 3. The van der Waals surface area contributed by atoms with E-state index in [1.165, 1.54) is 33.4 Å². The molecule has 0 aliphatic rings. The number of allylic oxidation sites excluding steroid dienone is 4. The zero-order valence-electron chi connectivity index (χ0n) is 16.2. The van der Waals surface area contributed by atoms with Crippen LogP contribution in [0.25, 0.3) is 11.1 Å². The topological polar surface area (TPSA) is 0 Å². The third kappa shape index (κ3) is 5.06. The molecule has 0 amide bonds. The fourth-order valence-electron chi connectivity index (χ4n) is 3.28. The summed E-state index contributed by atoms with van der Waals surface area (Å²) in [6, 6.07) is 15.4. The second-order valence-electron chi connectivity index (χ2n) is 6.96. The Bertz CT molecular complexity index is 803. The standard InChI is InChI=1S/C25H30/c1-7-22-14-12-21(17-25(22)19(4)5)13-15-23(16-18(2)3)24-11-9-8-10-20(24)6/h8-12,14,16-17H,2,4,7,13,15H2,1,3,5-6H3/b23-16-. The van der Waals surface area contributed by atoms with Crippen LogP contribution >= 0.6 is 0 Å². The predicted molar refractivity (Wildman–Crippen MR) is 113 cm³/mol. The molecule has 2 aromatic carbocycles. The Labute approximate surface area is 153 Å². The van der Waals surface area contributed by atoms with E-state index < -0.39 is 0 Å². The molecular formula is C25H30. The smallest absolute Gasteiger partial charge is 0.0195 e. The van der Waals surface area contributed by atoms with Crippen molar-refractivity contribution in [2.24, 2.45) is 0 Å². The number of rotatable bonds is 7. The molecule has 0 saturated carbocycles. The van der Waals surface area contributed by atoms with E-state index >= 15 is 0 Å². The van der Waals surface area contributed by atoms with Crippen LogP contribution in [0.15, 0.2) is 67.3 Å². The van der Waals surface area contributed by atoms with Gasteiger partial charge >= 0.3 is 0 Å². The summed E-state index contributed by atoms with van der Waals surface area (Å²) in [5.74, 6) is 0. The van der Waals surface area contributed by atoms with Gasteiger partial charge in [0, 0.05) is 0 Å². The van der Waals surface area contributed by atoms with E-state index in [1.54, 1.807) is 0 Å². The lowest BCUT2D eigenvalue weighted by Gasteiger charge is -2.14. The zero-order valence-corrected chi connectivity index (χ0v) is 16.2. The Hall–Kier alpha value is -2.34. The second-order valence-corrected chi connectivity index (χ2v) is 6.96. The van der Waals surface area contributed by atoms with Crippen molar-refractivity contribution in [2.45, 2.75) is 47.0 Å². The zero-order chi connectivity index (χ0) is 18.4. The van der Waals surface area contributed by atoms with Gasteiger partial charge in [-0.2, -0.15) is 0 Å². The molecule has 0 fully saturated rings. The molecule has 0 aliphatic heterocycles. The van der Waals surface area contributed by atoms with Crippen LogP contribution in [0.5, 0.6) is 0 Å². The quantitative estimate of drug-likeness (QED) is 0.471. The fraction of sp³-hybridized carbons (Fsp3) is 0.280. The van der Waals surface area contributed by atoms with Gasteiger partial charge in [0.15, 0.2) is 0 Å². The van der Waals surface area contributed by atoms with E-state index in [0.717, 1.165) is 30.4 Å². The highest BCUT2D eigenvalue weighted by molar-refractivity contribution is 5.71. The van der Waals surface area contributed by atoms with Crippen LogP contribution in [-0.4, -0.2) is 0 Å². The molecule has 0 aliphatic carbocycles. The highest BCUT2D eigenvalue weighted by Gasteiger charge is 2.08. The predicted octanol–water partition coefficient (Wildman–Crippen LogP) is 7.18. The fourth-order valence-corrected chi connectivity index (χ4v) is 3.28. The Balaban J connectivity index is 2.28. The van der Waals surface area contributed by atoms with Crippen LogP contribution in [0.4, 0.5) is 0 Å². The Kier molecular flexibility index (Phi) is 6.58. The van der Waals surface area contributed by atoms with Gasteiger partial charge in [-0.3, -0.25) is 0 Å². The van der Waals surface area contributed by atoms with Crippen molar-refractivity contribution in [3.63, 3.8) is 0 Å². The van der Waals surface area contributed by atoms with E-state index in [1.807, 2.05) is 0 Å². The molecule has 2 rings (SSSR count). The van der Waals surface area contributed by atoms with Gasteiger partial charge < -0.3 is 0 Å². The van der Waals surface area contributed by atoms with Gasteiger partial charge in [-0.1, -0.05) is 79.8 Å². The molecule has 0 spiro atoms. The Morgan fingerprint density at radius 1 is 1.00 bits per heavy atom. The molecule has 0 nitrogen and oxygen atoms in total. The maximum atomic E-state index is 4.15. The lowest BCUT2D eigenvalue weighted by molar-refractivity contribution is 1.00. The third-order valence-corrected chi connectivity index (χ3v) is 4.61. The van der Waals surface area contributed by atoms with Gasteiger partial charge in [0.1, 0.15) is 0 Å².